The molecule has 20 heavy (non-hydrogen) atoms. The number of nitrogens with zero attached hydrogens (tertiary/aromatic N) is 1. The SMILES string of the molecule is CCCNC(Cc1ccncc1)c1ccc(I)c(Cl)c1. The first-order valence-corrected chi connectivity index (χ1v) is 8.23. The minimum Gasteiger partial charge on any atom is -0.310 e. The van der Waals surface area contributed by atoms with Crippen molar-refractivity contribution in [1.82, 2.24) is 10.3 Å². The summed E-state index contributed by atoms with van der Waals surface area (Å²) in [5.74, 6) is 0. The van der Waals surface area contributed by atoms with E-state index in [0.717, 1.165) is 28.0 Å². The van der Waals surface area contributed by atoms with Gasteiger partial charge in [-0.05, 0) is 77.4 Å². The van der Waals surface area contributed by atoms with Crippen molar-refractivity contribution >= 4 is 34.2 Å². The first-order valence-electron chi connectivity index (χ1n) is 6.78. The predicted octanol–water partition coefficient (Wildman–Crippen LogP) is 4.62. The van der Waals surface area contributed by atoms with Crippen LogP contribution < -0.4 is 5.32 Å². The van der Waals surface area contributed by atoms with E-state index in [1.54, 1.807) is 0 Å². The van der Waals surface area contributed by atoms with Gasteiger partial charge in [-0.3, -0.25) is 4.98 Å². The smallest absolute Gasteiger partial charge is 0.0542 e. The Labute approximate surface area is 139 Å². The number of halogens is 2. The van der Waals surface area contributed by atoms with Crippen molar-refractivity contribution in [2.45, 2.75) is 25.8 Å². The van der Waals surface area contributed by atoms with Gasteiger partial charge in [0.25, 0.3) is 0 Å². The Kier molecular flexibility index (Phi) is 6.26. The number of aromatic nitrogens is 1. The number of nitrogens with one attached hydrogen (secondary N) is 1. The van der Waals surface area contributed by atoms with Gasteiger partial charge in [-0.1, -0.05) is 24.6 Å². The molecule has 0 aliphatic rings. The van der Waals surface area contributed by atoms with Crippen molar-refractivity contribution in [2.75, 3.05) is 6.54 Å². The average molecular weight is 401 g/mol. The Hall–Kier alpha value is -0.650. The second-order valence-electron chi connectivity index (χ2n) is 4.74. The van der Waals surface area contributed by atoms with E-state index < -0.39 is 0 Å². The summed E-state index contributed by atoms with van der Waals surface area (Å²) in [7, 11) is 0. The number of hydrogen-bond acceptors (Lipinski definition) is 2. The fourth-order valence-corrected chi connectivity index (χ4v) is 2.63. The normalized spacial score (nSPS) is 12.3. The highest BCUT2D eigenvalue weighted by molar-refractivity contribution is 14.1. The van der Waals surface area contributed by atoms with Crippen LogP contribution in [0.15, 0.2) is 42.7 Å². The van der Waals surface area contributed by atoms with Gasteiger partial charge in [0, 0.05) is 22.0 Å². The van der Waals surface area contributed by atoms with Gasteiger partial charge in [0.15, 0.2) is 0 Å². The molecule has 106 valence electrons. The molecule has 0 aliphatic carbocycles. The van der Waals surface area contributed by atoms with Crippen molar-refractivity contribution < 1.29 is 0 Å². The average Bonchev–Trinajstić information content (AvgIpc) is 2.47. The molecule has 0 saturated carbocycles. The minimum absolute atomic E-state index is 0.284. The van der Waals surface area contributed by atoms with Crippen LogP contribution in [0.5, 0.6) is 0 Å². The van der Waals surface area contributed by atoms with Crippen LogP contribution in [0.4, 0.5) is 0 Å². The quantitative estimate of drug-likeness (QED) is 0.716. The number of benzene rings is 1. The van der Waals surface area contributed by atoms with Crippen LogP contribution in [0.1, 0.15) is 30.5 Å². The van der Waals surface area contributed by atoms with Crippen molar-refractivity contribution in [3.8, 4) is 0 Å². The van der Waals surface area contributed by atoms with E-state index in [0.29, 0.717) is 0 Å². The highest BCUT2D eigenvalue weighted by Gasteiger charge is 2.12. The Morgan fingerprint density at radius 1 is 1.25 bits per heavy atom. The van der Waals surface area contributed by atoms with Crippen molar-refractivity contribution in [3.63, 3.8) is 0 Å². The summed E-state index contributed by atoms with van der Waals surface area (Å²) >= 11 is 8.51. The van der Waals surface area contributed by atoms with Gasteiger partial charge in [0.2, 0.25) is 0 Å². The minimum atomic E-state index is 0.284. The highest BCUT2D eigenvalue weighted by atomic mass is 127. The molecule has 2 aromatic rings. The predicted molar refractivity (Wildman–Crippen MR) is 93.1 cm³/mol. The second-order valence-corrected chi connectivity index (χ2v) is 6.31. The summed E-state index contributed by atoms with van der Waals surface area (Å²) in [6, 6.07) is 10.7. The van der Waals surface area contributed by atoms with Gasteiger partial charge in [-0.25, -0.2) is 0 Å². The Bertz CT molecular complexity index is 545. The third-order valence-electron chi connectivity index (χ3n) is 3.18. The maximum atomic E-state index is 6.25. The molecule has 2 nitrogen and oxygen atoms in total. The van der Waals surface area contributed by atoms with Crippen LogP contribution in [0.2, 0.25) is 5.02 Å². The molecular formula is C16H18ClIN2. The van der Waals surface area contributed by atoms with E-state index in [9.17, 15) is 0 Å². The first kappa shape index (κ1) is 15.7. The molecule has 4 heteroatoms. The van der Waals surface area contributed by atoms with Crippen LogP contribution in [0.25, 0.3) is 0 Å². The number of hydrogen-bond donors (Lipinski definition) is 1. The van der Waals surface area contributed by atoms with Crippen LogP contribution >= 0.6 is 34.2 Å². The van der Waals surface area contributed by atoms with Gasteiger partial charge >= 0.3 is 0 Å². The molecule has 1 unspecified atom stereocenters. The lowest BCUT2D eigenvalue weighted by Crippen LogP contribution is -2.24. The third kappa shape index (κ3) is 4.43. The van der Waals surface area contributed by atoms with Gasteiger partial charge in [-0.15, -0.1) is 0 Å². The van der Waals surface area contributed by atoms with E-state index in [-0.39, 0.29) is 6.04 Å². The third-order valence-corrected chi connectivity index (χ3v) is 4.75. The zero-order valence-corrected chi connectivity index (χ0v) is 14.4. The fraction of sp³-hybridized carbons (Fsp3) is 0.312. The summed E-state index contributed by atoms with van der Waals surface area (Å²) in [5.41, 5.74) is 2.52. The Morgan fingerprint density at radius 3 is 2.65 bits per heavy atom. The van der Waals surface area contributed by atoms with E-state index in [2.05, 4.69) is 70.1 Å². The van der Waals surface area contributed by atoms with Crippen LogP contribution in [-0.4, -0.2) is 11.5 Å². The van der Waals surface area contributed by atoms with Gasteiger partial charge in [-0.2, -0.15) is 0 Å². The van der Waals surface area contributed by atoms with Crippen LogP contribution in [-0.2, 0) is 6.42 Å². The fourth-order valence-electron chi connectivity index (χ4n) is 2.11. The Balaban J connectivity index is 2.20. The number of pyridine rings is 1. The molecule has 1 aromatic heterocycles. The molecule has 0 saturated heterocycles. The van der Waals surface area contributed by atoms with E-state index in [1.807, 2.05) is 12.4 Å². The summed E-state index contributed by atoms with van der Waals surface area (Å²) < 4.78 is 1.09. The summed E-state index contributed by atoms with van der Waals surface area (Å²) in [5, 5.41) is 4.42. The lowest BCUT2D eigenvalue weighted by Gasteiger charge is -2.19. The molecule has 0 bridgehead atoms. The van der Waals surface area contributed by atoms with E-state index in [1.165, 1.54) is 11.1 Å². The zero-order chi connectivity index (χ0) is 14.4. The molecule has 0 aliphatic heterocycles. The molecule has 1 atom stereocenters. The molecule has 2 rings (SSSR count). The molecule has 0 amide bonds. The first-order chi connectivity index (χ1) is 9.70. The molecular weight excluding hydrogens is 383 g/mol. The molecule has 0 spiro atoms. The molecule has 0 fully saturated rings. The van der Waals surface area contributed by atoms with Crippen molar-refractivity contribution in [2.24, 2.45) is 0 Å². The van der Waals surface area contributed by atoms with Crippen molar-refractivity contribution in [1.29, 1.82) is 0 Å². The standard InChI is InChI=1S/C16H18ClIN2/c1-2-7-20-16(10-12-5-8-19-9-6-12)13-3-4-15(18)14(17)11-13/h3-6,8-9,11,16,20H,2,7,10H2,1H3. The highest BCUT2D eigenvalue weighted by Crippen LogP contribution is 2.25. The van der Waals surface area contributed by atoms with Crippen LogP contribution in [0.3, 0.4) is 0 Å². The maximum Gasteiger partial charge on any atom is 0.0542 e. The van der Waals surface area contributed by atoms with E-state index in [4.69, 9.17) is 11.6 Å². The van der Waals surface area contributed by atoms with Gasteiger partial charge < -0.3 is 5.32 Å². The zero-order valence-electron chi connectivity index (χ0n) is 11.4. The topological polar surface area (TPSA) is 24.9 Å². The monoisotopic (exact) mass is 400 g/mol. The number of rotatable bonds is 6. The molecule has 1 aromatic carbocycles. The Morgan fingerprint density at radius 2 is 2.00 bits per heavy atom. The van der Waals surface area contributed by atoms with E-state index >= 15 is 0 Å². The second kappa shape index (κ2) is 7.96. The maximum absolute atomic E-state index is 6.25. The summed E-state index contributed by atoms with van der Waals surface area (Å²) in [6.45, 7) is 3.18. The summed E-state index contributed by atoms with van der Waals surface area (Å²) in [6.07, 6.45) is 5.74. The lowest BCUT2D eigenvalue weighted by atomic mass is 9.99. The lowest BCUT2D eigenvalue weighted by molar-refractivity contribution is 0.529. The molecule has 1 N–H and O–H groups in total. The van der Waals surface area contributed by atoms with Gasteiger partial charge in [0.05, 0.1) is 5.02 Å². The summed E-state index contributed by atoms with van der Waals surface area (Å²) in [4.78, 5) is 4.07. The van der Waals surface area contributed by atoms with Gasteiger partial charge in [0.1, 0.15) is 0 Å². The molecule has 0 radical (unpaired) electrons. The largest absolute Gasteiger partial charge is 0.310 e. The van der Waals surface area contributed by atoms with Crippen LogP contribution in [0, 0.1) is 3.57 Å². The van der Waals surface area contributed by atoms with Crippen molar-refractivity contribution in [3.05, 3.63) is 62.4 Å². The molecule has 1 heterocycles.